The van der Waals surface area contributed by atoms with Crippen LogP contribution in [0.2, 0.25) is 0 Å². The lowest BCUT2D eigenvalue weighted by Crippen LogP contribution is -2.36. The molecule has 2 N–H and O–H groups in total. The molecule has 0 aliphatic carbocycles. The fraction of sp³-hybridized carbons (Fsp3) is 0.500. The van der Waals surface area contributed by atoms with Gasteiger partial charge in [-0.25, -0.2) is 18.4 Å². The number of aromatic nitrogens is 3. The first-order valence-electron chi connectivity index (χ1n) is 13.9. The van der Waals surface area contributed by atoms with Gasteiger partial charge in [0.05, 0.1) is 35.8 Å². The second-order valence-electron chi connectivity index (χ2n) is 10.1. The van der Waals surface area contributed by atoms with Gasteiger partial charge in [0.25, 0.3) is 0 Å². The summed E-state index contributed by atoms with van der Waals surface area (Å²) >= 11 is 1.56. The molecule has 3 aromatic heterocycles. The predicted molar refractivity (Wildman–Crippen MR) is 161 cm³/mol. The number of morpholine rings is 1. The molecule has 0 amide bonds. The molecular formula is C28H38N6O4S2. The molecule has 0 bridgehead atoms. The maximum atomic E-state index is 13.1. The quantitative estimate of drug-likeness (QED) is 0.245. The standard InChI is InChI=1S/C28H38N6O4S2/c1-3-10-33(12-15-35)11-5-18-40(36,37)32(2)20-21-19-25-26(39-21)28(34-13-16-38-17-14-34)31-27(30-25)23-6-4-7-24-22(23)8-9-29-24/h4,6-9,19,29,35H,3,5,10-18,20H2,1-2H3. The number of aromatic amines is 1. The molecule has 1 fully saturated rings. The van der Waals surface area contributed by atoms with Crippen molar-refractivity contribution in [3.05, 3.63) is 41.4 Å². The van der Waals surface area contributed by atoms with Crippen molar-refractivity contribution in [1.29, 1.82) is 0 Å². The van der Waals surface area contributed by atoms with Crippen LogP contribution >= 0.6 is 11.3 Å². The van der Waals surface area contributed by atoms with Gasteiger partial charge in [0.1, 0.15) is 0 Å². The molecule has 1 aromatic carbocycles. The van der Waals surface area contributed by atoms with Crippen molar-refractivity contribution in [2.24, 2.45) is 0 Å². The minimum Gasteiger partial charge on any atom is -0.395 e. The third kappa shape index (κ3) is 6.48. The maximum absolute atomic E-state index is 13.1. The molecule has 1 aliphatic heterocycles. The zero-order valence-corrected chi connectivity index (χ0v) is 24.8. The van der Waals surface area contributed by atoms with Crippen LogP contribution in [0.15, 0.2) is 36.5 Å². The number of anilines is 1. The predicted octanol–water partition coefficient (Wildman–Crippen LogP) is 3.53. The van der Waals surface area contributed by atoms with E-state index in [2.05, 4.69) is 21.7 Å². The van der Waals surface area contributed by atoms with E-state index in [-0.39, 0.29) is 18.9 Å². The molecule has 4 heterocycles. The molecule has 1 aliphatic rings. The van der Waals surface area contributed by atoms with E-state index in [9.17, 15) is 13.5 Å². The summed E-state index contributed by atoms with van der Waals surface area (Å²) in [4.78, 5) is 18.5. The Bertz CT molecular complexity index is 1520. The summed E-state index contributed by atoms with van der Waals surface area (Å²) < 4.78 is 34.2. The highest BCUT2D eigenvalue weighted by molar-refractivity contribution is 7.89. The second-order valence-corrected chi connectivity index (χ2v) is 13.5. The number of nitrogens with one attached hydrogen (secondary N) is 1. The molecule has 1 saturated heterocycles. The van der Waals surface area contributed by atoms with Crippen molar-refractivity contribution < 1.29 is 18.3 Å². The number of hydrogen-bond donors (Lipinski definition) is 2. The van der Waals surface area contributed by atoms with Crippen LogP contribution in [0, 0.1) is 0 Å². The number of nitrogens with zero attached hydrogens (tertiary/aromatic N) is 5. The van der Waals surface area contributed by atoms with E-state index in [0.717, 1.165) is 63.4 Å². The first kappa shape index (κ1) is 28.9. The molecule has 0 spiro atoms. The Labute approximate surface area is 239 Å². The van der Waals surface area contributed by atoms with Crippen LogP contribution in [0.25, 0.3) is 32.5 Å². The zero-order chi connectivity index (χ0) is 28.1. The number of aliphatic hydroxyl groups is 1. The molecule has 4 aromatic rings. The van der Waals surface area contributed by atoms with Crippen molar-refractivity contribution >= 4 is 48.3 Å². The molecule has 0 radical (unpaired) electrons. The van der Waals surface area contributed by atoms with E-state index in [1.54, 1.807) is 18.4 Å². The molecule has 0 atom stereocenters. The molecule has 0 unspecified atom stereocenters. The SMILES string of the molecule is CCCN(CCO)CCCS(=O)(=O)N(C)Cc1cc2nc(-c3cccc4[nH]ccc34)nc(N3CCOCC3)c2s1. The fourth-order valence-corrected chi connectivity index (χ4v) is 7.56. The number of H-pyrrole nitrogens is 1. The van der Waals surface area contributed by atoms with Gasteiger partial charge in [0.15, 0.2) is 11.6 Å². The van der Waals surface area contributed by atoms with Crippen LogP contribution in [0.3, 0.4) is 0 Å². The van der Waals surface area contributed by atoms with Gasteiger partial charge in [0.2, 0.25) is 10.0 Å². The van der Waals surface area contributed by atoms with E-state index in [1.807, 2.05) is 36.5 Å². The molecule has 40 heavy (non-hydrogen) atoms. The van der Waals surface area contributed by atoms with Gasteiger partial charge in [-0.05, 0) is 44.1 Å². The normalized spacial score (nSPS) is 14.8. The molecular weight excluding hydrogens is 548 g/mol. The smallest absolute Gasteiger partial charge is 0.214 e. The summed E-state index contributed by atoms with van der Waals surface area (Å²) in [7, 11) is -1.79. The number of thiophene rings is 1. The average Bonchev–Trinajstić information content (AvgIpc) is 3.60. The van der Waals surface area contributed by atoms with E-state index < -0.39 is 10.0 Å². The first-order valence-corrected chi connectivity index (χ1v) is 16.3. The van der Waals surface area contributed by atoms with E-state index >= 15 is 0 Å². The topological polar surface area (TPSA) is 115 Å². The number of fused-ring (bicyclic) bond motifs is 2. The number of rotatable bonds is 13. The van der Waals surface area contributed by atoms with Crippen LogP contribution in [-0.4, -0.2) is 103 Å². The summed E-state index contributed by atoms with van der Waals surface area (Å²) in [6, 6.07) is 10.1. The van der Waals surface area contributed by atoms with Crippen molar-refractivity contribution in [2.45, 2.75) is 26.3 Å². The number of sulfonamides is 1. The van der Waals surface area contributed by atoms with Gasteiger partial charge in [0, 0.05) is 60.8 Å². The van der Waals surface area contributed by atoms with Crippen molar-refractivity contribution in [3.63, 3.8) is 0 Å². The lowest BCUT2D eigenvalue weighted by atomic mass is 10.1. The Morgan fingerprint density at radius 3 is 2.75 bits per heavy atom. The van der Waals surface area contributed by atoms with Crippen LogP contribution in [-0.2, 0) is 21.3 Å². The Kier molecular flexibility index (Phi) is 9.34. The Morgan fingerprint density at radius 1 is 1.15 bits per heavy atom. The van der Waals surface area contributed by atoms with E-state index in [1.165, 1.54) is 4.31 Å². The molecule has 10 nitrogen and oxygen atoms in total. The minimum absolute atomic E-state index is 0.0731. The van der Waals surface area contributed by atoms with E-state index in [4.69, 9.17) is 14.7 Å². The van der Waals surface area contributed by atoms with Gasteiger partial charge < -0.3 is 24.6 Å². The number of aliphatic hydroxyl groups excluding tert-OH is 1. The van der Waals surface area contributed by atoms with Crippen LogP contribution in [0.4, 0.5) is 5.82 Å². The number of ether oxygens (including phenoxy) is 1. The van der Waals surface area contributed by atoms with Gasteiger partial charge in [-0.15, -0.1) is 11.3 Å². The number of benzene rings is 1. The van der Waals surface area contributed by atoms with Crippen LogP contribution in [0.1, 0.15) is 24.6 Å². The summed E-state index contributed by atoms with van der Waals surface area (Å²) in [5.74, 6) is 1.60. The van der Waals surface area contributed by atoms with Crippen LogP contribution in [0.5, 0.6) is 0 Å². The minimum atomic E-state index is -3.44. The Hall–Kier alpha value is -2.61. The third-order valence-corrected chi connectivity index (χ3v) is 10.2. The highest BCUT2D eigenvalue weighted by Crippen LogP contribution is 2.36. The lowest BCUT2D eigenvalue weighted by molar-refractivity contribution is 0.122. The summed E-state index contributed by atoms with van der Waals surface area (Å²) in [5, 5.41) is 10.3. The summed E-state index contributed by atoms with van der Waals surface area (Å²) in [5.41, 5.74) is 2.81. The van der Waals surface area contributed by atoms with Crippen molar-refractivity contribution in [3.8, 4) is 11.4 Å². The molecule has 12 heteroatoms. The maximum Gasteiger partial charge on any atom is 0.214 e. The summed E-state index contributed by atoms with van der Waals surface area (Å²) in [6.45, 7) is 7.28. The molecule has 216 valence electrons. The first-order chi connectivity index (χ1) is 19.4. The second kappa shape index (κ2) is 12.9. The lowest BCUT2D eigenvalue weighted by Gasteiger charge is -2.28. The molecule has 0 saturated carbocycles. The summed E-state index contributed by atoms with van der Waals surface area (Å²) in [6.07, 6.45) is 3.41. The monoisotopic (exact) mass is 586 g/mol. The highest BCUT2D eigenvalue weighted by Gasteiger charge is 2.23. The van der Waals surface area contributed by atoms with Gasteiger partial charge >= 0.3 is 0 Å². The van der Waals surface area contributed by atoms with Gasteiger partial charge in [-0.3, -0.25) is 0 Å². The van der Waals surface area contributed by atoms with Gasteiger partial charge in [-0.2, -0.15) is 4.31 Å². The molecule has 5 rings (SSSR count). The van der Waals surface area contributed by atoms with Crippen molar-refractivity contribution in [1.82, 2.24) is 24.2 Å². The Morgan fingerprint density at radius 2 is 1.98 bits per heavy atom. The average molecular weight is 587 g/mol. The van der Waals surface area contributed by atoms with Gasteiger partial charge in [-0.1, -0.05) is 19.1 Å². The zero-order valence-electron chi connectivity index (χ0n) is 23.2. The number of hydrogen-bond acceptors (Lipinski definition) is 9. The highest BCUT2D eigenvalue weighted by atomic mass is 32.2. The Balaban J connectivity index is 1.40. The third-order valence-electron chi connectivity index (χ3n) is 7.24. The van der Waals surface area contributed by atoms with Crippen molar-refractivity contribution in [2.75, 3.05) is 70.2 Å². The largest absolute Gasteiger partial charge is 0.395 e. The fourth-order valence-electron chi connectivity index (χ4n) is 5.17. The van der Waals surface area contributed by atoms with E-state index in [0.29, 0.717) is 38.5 Å². The van der Waals surface area contributed by atoms with Crippen LogP contribution < -0.4 is 4.90 Å².